The standard InChI is InChI=1S/C21H24FN3O2/c1-3-27-15-4-5-17(22)16(12-15)14-10-13(2)24-19(11-14)18-6-7-21(25-18)8-9-23-20(21)26/h4-5,10-12,18,25H,3,6-9H2,1-2H3,(H,23,26)/t18-,21+/m0/s1. The highest BCUT2D eigenvalue weighted by molar-refractivity contribution is 5.88. The second-order valence-corrected chi connectivity index (χ2v) is 7.32. The number of ether oxygens (including phenoxy) is 1. The molecule has 2 atom stereocenters. The summed E-state index contributed by atoms with van der Waals surface area (Å²) in [5.41, 5.74) is 2.47. The van der Waals surface area contributed by atoms with Crippen molar-refractivity contribution in [3.8, 4) is 16.9 Å². The summed E-state index contributed by atoms with van der Waals surface area (Å²) in [6.45, 7) is 5.05. The molecule has 2 aliphatic heterocycles. The van der Waals surface area contributed by atoms with E-state index in [1.807, 2.05) is 26.0 Å². The smallest absolute Gasteiger partial charge is 0.240 e. The highest BCUT2D eigenvalue weighted by Crippen LogP contribution is 2.38. The Bertz CT molecular complexity index is 886. The van der Waals surface area contributed by atoms with Crippen molar-refractivity contribution in [2.45, 2.75) is 44.7 Å². The Morgan fingerprint density at radius 1 is 1.30 bits per heavy atom. The zero-order valence-electron chi connectivity index (χ0n) is 15.6. The second kappa shape index (κ2) is 6.93. The highest BCUT2D eigenvalue weighted by atomic mass is 19.1. The van der Waals surface area contributed by atoms with E-state index in [-0.39, 0.29) is 17.8 Å². The number of nitrogens with zero attached hydrogens (tertiary/aromatic N) is 1. The second-order valence-electron chi connectivity index (χ2n) is 7.32. The Labute approximate surface area is 158 Å². The van der Waals surface area contributed by atoms with Gasteiger partial charge in [-0.15, -0.1) is 0 Å². The minimum Gasteiger partial charge on any atom is -0.494 e. The molecule has 2 aromatic rings. The van der Waals surface area contributed by atoms with Crippen molar-refractivity contribution in [1.82, 2.24) is 15.6 Å². The van der Waals surface area contributed by atoms with Crippen LogP contribution in [-0.4, -0.2) is 29.6 Å². The molecule has 0 saturated carbocycles. The topological polar surface area (TPSA) is 63.2 Å². The summed E-state index contributed by atoms with van der Waals surface area (Å²) in [7, 11) is 0. The summed E-state index contributed by atoms with van der Waals surface area (Å²) in [6.07, 6.45) is 2.43. The first kappa shape index (κ1) is 17.9. The van der Waals surface area contributed by atoms with Gasteiger partial charge in [0.05, 0.1) is 18.3 Å². The Kier molecular flexibility index (Phi) is 4.60. The van der Waals surface area contributed by atoms with Gasteiger partial charge in [0.1, 0.15) is 17.1 Å². The highest BCUT2D eigenvalue weighted by Gasteiger charge is 2.48. The molecule has 6 heteroatoms. The maximum Gasteiger partial charge on any atom is 0.240 e. The van der Waals surface area contributed by atoms with Crippen LogP contribution in [0.4, 0.5) is 4.39 Å². The van der Waals surface area contributed by atoms with Crippen LogP contribution in [0.2, 0.25) is 0 Å². The van der Waals surface area contributed by atoms with Crippen LogP contribution in [0, 0.1) is 12.7 Å². The molecule has 1 aromatic carbocycles. The fourth-order valence-corrected chi connectivity index (χ4v) is 4.15. The van der Waals surface area contributed by atoms with Crippen molar-refractivity contribution in [2.24, 2.45) is 0 Å². The molecule has 2 fully saturated rings. The number of aryl methyl sites for hydroxylation is 1. The monoisotopic (exact) mass is 369 g/mol. The molecule has 1 spiro atoms. The lowest BCUT2D eigenvalue weighted by Crippen LogP contribution is -2.47. The maximum absolute atomic E-state index is 14.5. The molecule has 0 radical (unpaired) electrons. The first-order valence-electron chi connectivity index (χ1n) is 9.48. The van der Waals surface area contributed by atoms with Gasteiger partial charge in [0.15, 0.2) is 0 Å². The quantitative estimate of drug-likeness (QED) is 0.868. The number of hydrogen-bond acceptors (Lipinski definition) is 4. The van der Waals surface area contributed by atoms with Crippen molar-refractivity contribution in [3.05, 3.63) is 47.5 Å². The molecule has 27 heavy (non-hydrogen) atoms. The van der Waals surface area contributed by atoms with Gasteiger partial charge in [-0.05, 0) is 69.0 Å². The average molecular weight is 369 g/mol. The van der Waals surface area contributed by atoms with Crippen LogP contribution in [0.3, 0.4) is 0 Å². The van der Waals surface area contributed by atoms with Crippen LogP contribution in [0.15, 0.2) is 30.3 Å². The lowest BCUT2D eigenvalue weighted by molar-refractivity contribution is -0.124. The summed E-state index contributed by atoms with van der Waals surface area (Å²) < 4.78 is 20.0. The van der Waals surface area contributed by atoms with E-state index in [1.54, 1.807) is 12.1 Å². The van der Waals surface area contributed by atoms with Crippen LogP contribution in [0.1, 0.15) is 43.6 Å². The molecule has 1 aromatic heterocycles. The van der Waals surface area contributed by atoms with Gasteiger partial charge in [-0.2, -0.15) is 0 Å². The molecule has 5 nitrogen and oxygen atoms in total. The number of aromatic nitrogens is 1. The molecule has 0 aliphatic carbocycles. The van der Waals surface area contributed by atoms with Gasteiger partial charge in [0, 0.05) is 17.8 Å². The number of halogens is 1. The number of hydrogen-bond donors (Lipinski definition) is 2. The summed E-state index contributed by atoms with van der Waals surface area (Å²) in [5, 5.41) is 6.40. The fourth-order valence-electron chi connectivity index (χ4n) is 4.15. The van der Waals surface area contributed by atoms with E-state index in [1.165, 1.54) is 6.07 Å². The maximum atomic E-state index is 14.5. The minimum absolute atomic E-state index is 0.00867. The van der Waals surface area contributed by atoms with Crippen molar-refractivity contribution < 1.29 is 13.9 Å². The summed E-state index contributed by atoms with van der Waals surface area (Å²) in [6, 6.07) is 8.59. The van der Waals surface area contributed by atoms with Crippen molar-refractivity contribution in [3.63, 3.8) is 0 Å². The lowest BCUT2D eigenvalue weighted by Gasteiger charge is -2.22. The van der Waals surface area contributed by atoms with Crippen LogP contribution in [-0.2, 0) is 4.79 Å². The molecular formula is C21H24FN3O2. The van der Waals surface area contributed by atoms with Gasteiger partial charge in [-0.25, -0.2) is 4.39 Å². The summed E-state index contributed by atoms with van der Waals surface area (Å²) in [4.78, 5) is 16.9. The summed E-state index contributed by atoms with van der Waals surface area (Å²) in [5.74, 6) is 0.430. The Morgan fingerprint density at radius 3 is 2.89 bits per heavy atom. The Morgan fingerprint density at radius 2 is 2.15 bits per heavy atom. The van der Waals surface area contributed by atoms with E-state index in [2.05, 4.69) is 15.6 Å². The molecule has 3 heterocycles. The number of carbonyl (C=O) groups excluding carboxylic acids is 1. The zero-order valence-corrected chi connectivity index (χ0v) is 15.6. The predicted octanol–water partition coefficient (Wildman–Crippen LogP) is 3.28. The molecule has 142 valence electrons. The molecule has 0 unspecified atom stereocenters. The van der Waals surface area contributed by atoms with Crippen molar-refractivity contribution in [1.29, 1.82) is 0 Å². The van der Waals surface area contributed by atoms with Gasteiger partial charge in [0.25, 0.3) is 0 Å². The molecule has 0 bridgehead atoms. The normalized spacial score (nSPS) is 24.4. The largest absolute Gasteiger partial charge is 0.494 e. The first-order chi connectivity index (χ1) is 13.0. The van der Waals surface area contributed by atoms with Crippen molar-refractivity contribution >= 4 is 5.91 Å². The molecule has 1 amide bonds. The van der Waals surface area contributed by atoms with E-state index in [0.717, 1.165) is 36.2 Å². The van der Waals surface area contributed by atoms with Crippen LogP contribution >= 0.6 is 0 Å². The Hall–Kier alpha value is -2.47. The van der Waals surface area contributed by atoms with Gasteiger partial charge < -0.3 is 10.1 Å². The van der Waals surface area contributed by atoms with Crippen LogP contribution in [0.5, 0.6) is 5.75 Å². The zero-order chi connectivity index (χ0) is 19.0. The first-order valence-corrected chi connectivity index (χ1v) is 9.48. The molecular weight excluding hydrogens is 345 g/mol. The number of nitrogens with one attached hydrogen (secondary N) is 2. The van der Waals surface area contributed by atoms with Crippen LogP contribution < -0.4 is 15.4 Å². The van der Waals surface area contributed by atoms with E-state index in [9.17, 15) is 9.18 Å². The number of pyridine rings is 1. The third kappa shape index (κ3) is 3.30. The van der Waals surface area contributed by atoms with Gasteiger partial charge in [-0.3, -0.25) is 15.1 Å². The van der Waals surface area contributed by atoms with Gasteiger partial charge in [-0.1, -0.05) is 0 Å². The number of amides is 1. The van der Waals surface area contributed by atoms with Crippen molar-refractivity contribution in [2.75, 3.05) is 13.2 Å². The molecule has 2 N–H and O–H groups in total. The van der Waals surface area contributed by atoms with Crippen LogP contribution in [0.25, 0.3) is 11.1 Å². The molecule has 2 aliphatic rings. The Balaban J connectivity index is 1.67. The van der Waals surface area contributed by atoms with E-state index < -0.39 is 5.54 Å². The number of carbonyl (C=O) groups is 1. The fraction of sp³-hybridized carbons (Fsp3) is 0.429. The minimum atomic E-state index is -0.476. The third-order valence-electron chi connectivity index (χ3n) is 5.47. The third-order valence-corrected chi connectivity index (χ3v) is 5.47. The number of rotatable bonds is 4. The average Bonchev–Trinajstić information content (AvgIpc) is 3.24. The predicted molar refractivity (Wildman–Crippen MR) is 101 cm³/mol. The SMILES string of the molecule is CCOc1ccc(F)c(-c2cc(C)nc([C@@H]3CC[C@]4(CCNC4=O)N3)c2)c1. The van der Waals surface area contributed by atoms with E-state index in [0.29, 0.717) is 24.5 Å². The molecule has 4 rings (SSSR count). The van der Waals surface area contributed by atoms with E-state index in [4.69, 9.17) is 4.74 Å². The lowest BCUT2D eigenvalue weighted by atomic mass is 9.96. The van der Waals surface area contributed by atoms with Gasteiger partial charge >= 0.3 is 0 Å². The number of benzene rings is 1. The van der Waals surface area contributed by atoms with E-state index >= 15 is 0 Å². The van der Waals surface area contributed by atoms with Gasteiger partial charge in [0.2, 0.25) is 5.91 Å². The summed E-state index contributed by atoms with van der Waals surface area (Å²) >= 11 is 0. The molecule has 2 saturated heterocycles.